The molecule has 0 aromatic heterocycles. The van der Waals surface area contributed by atoms with Gasteiger partial charge in [-0.25, -0.2) is 4.79 Å². The average Bonchev–Trinajstić information content (AvgIpc) is 3.14. The van der Waals surface area contributed by atoms with Gasteiger partial charge >= 0.3 is 6.09 Å². The molecule has 0 aromatic carbocycles. The Morgan fingerprint density at radius 1 is 1.28 bits per heavy atom. The fourth-order valence-electron chi connectivity index (χ4n) is 3.73. The number of rotatable bonds is 4. The van der Waals surface area contributed by atoms with Crippen molar-refractivity contribution in [3.05, 3.63) is 0 Å². The van der Waals surface area contributed by atoms with Crippen molar-refractivity contribution in [1.29, 1.82) is 5.26 Å². The third-order valence-corrected chi connectivity index (χ3v) is 5.07. The van der Waals surface area contributed by atoms with Gasteiger partial charge in [-0.05, 0) is 33.1 Å². The van der Waals surface area contributed by atoms with E-state index in [0.717, 1.165) is 6.42 Å². The monoisotopic (exact) mass is 349 g/mol. The summed E-state index contributed by atoms with van der Waals surface area (Å²) in [7, 11) is 0. The first-order chi connectivity index (χ1) is 11.7. The second-order valence-corrected chi connectivity index (χ2v) is 8.52. The largest absolute Gasteiger partial charge is 0.444 e. The number of carbonyl (C=O) groups excluding carboxylic acids is 2. The quantitative estimate of drug-likeness (QED) is 0.845. The summed E-state index contributed by atoms with van der Waals surface area (Å²) in [5.74, 6) is 0.186. The van der Waals surface area contributed by atoms with Crippen LogP contribution in [0.2, 0.25) is 0 Å². The Hall–Kier alpha value is -1.77. The minimum absolute atomic E-state index is 0.0109. The molecule has 1 aliphatic heterocycles. The lowest BCUT2D eigenvalue weighted by Crippen LogP contribution is -2.43. The summed E-state index contributed by atoms with van der Waals surface area (Å²) in [6.07, 6.45) is 5.45. The van der Waals surface area contributed by atoms with Crippen LogP contribution in [-0.4, -0.2) is 41.6 Å². The van der Waals surface area contributed by atoms with Crippen molar-refractivity contribution in [2.24, 2.45) is 17.8 Å². The highest BCUT2D eigenvalue weighted by atomic mass is 16.6. The summed E-state index contributed by atoms with van der Waals surface area (Å²) in [6, 6.07) is 1.89. The lowest BCUT2D eigenvalue weighted by atomic mass is 9.93. The maximum Gasteiger partial charge on any atom is 0.410 e. The first-order valence-corrected chi connectivity index (χ1v) is 9.37. The SMILES string of the molecule is C[C@H](CC1CCCC1)C(=O)N[C@H]1CN(C(=O)OC(C)(C)C)C[C@@H]1C#N. The molecule has 6 heteroatoms. The molecule has 2 fully saturated rings. The van der Waals surface area contributed by atoms with Gasteiger partial charge in [-0.2, -0.15) is 5.26 Å². The zero-order chi connectivity index (χ0) is 18.6. The molecule has 0 aromatic rings. The molecular weight excluding hydrogens is 318 g/mol. The molecule has 25 heavy (non-hydrogen) atoms. The molecule has 0 radical (unpaired) electrons. The van der Waals surface area contributed by atoms with E-state index < -0.39 is 17.6 Å². The molecular formula is C19H31N3O3. The molecule has 2 rings (SSSR count). The van der Waals surface area contributed by atoms with Crippen LogP contribution < -0.4 is 5.32 Å². The van der Waals surface area contributed by atoms with E-state index in [9.17, 15) is 14.9 Å². The highest BCUT2D eigenvalue weighted by molar-refractivity contribution is 5.79. The van der Waals surface area contributed by atoms with E-state index in [4.69, 9.17) is 4.74 Å². The van der Waals surface area contributed by atoms with Gasteiger partial charge in [-0.15, -0.1) is 0 Å². The zero-order valence-corrected chi connectivity index (χ0v) is 15.9. The van der Waals surface area contributed by atoms with Gasteiger partial charge in [-0.3, -0.25) is 4.79 Å². The third-order valence-electron chi connectivity index (χ3n) is 5.07. The van der Waals surface area contributed by atoms with Gasteiger partial charge in [0, 0.05) is 19.0 Å². The molecule has 0 unspecified atom stereocenters. The minimum atomic E-state index is -0.573. The maximum absolute atomic E-state index is 12.5. The number of likely N-dealkylation sites (tertiary alicyclic amines) is 1. The van der Waals surface area contributed by atoms with Crippen molar-refractivity contribution in [2.75, 3.05) is 13.1 Å². The Kier molecular flexibility index (Phi) is 6.31. The minimum Gasteiger partial charge on any atom is -0.444 e. The van der Waals surface area contributed by atoms with Gasteiger partial charge in [0.2, 0.25) is 5.91 Å². The maximum atomic E-state index is 12.5. The zero-order valence-electron chi connectivity index (χ0n) is 15.9. The van der Waals surface area contributed by atoms with E-state index in [1.54, 1.807) is 0 Å². The standard InChI is InChI=1S/C19H31N3O3/c1-13(9-14-7-5-6-8-14)17(23)21-16-12-22(11-15(16)10-20)18(24)25-19(2,3)4/h13-16H,5-9,11-12H2,1-4H3,(H,21,23)/t13-,15+,16+/m1/s1. The Balaban J connectivity index is 1.88. The van der Waals surface area contributed by atoms with E-state index in [1.165, 1.54) is 30.6 Å². The van der Waals surface area contributed by atoms with Gasteiger partial charge in [0.25, 0.3) is 0 Å². The second kappa shape index (κ2) is 8.07. The van der Waals surface area contributed by atoms with Crippen LogP contribution >= 0.6 is 0 Å². The number of nitrogens with zero attached hydrogens (tertiary/aromatic N) is 2. The van der Waals surface area contributed by atoms with Gasteiger partial charge in [0.05, 0.1) is 18.0 Å². The summed E-state index contributed by atoms with van der Waals surface area (Å²) < 4.78 is 5.37. The molecule has 0 spiro atoms. The van der Waals surface area contributed by atoms with E-state index in [1.807, 2.05) is 27.7 Å². The first-order valence-electron chi connectivity index (χ1n) is 9.37. The summed E-state index contributed by atoms with van der Waals surface area (Å²) in [6.45, 7) is 8.02. The van der Waals surface area contributed by atoms with Crippen molar-refractivity contribution in [2.45, 2.75) is 71.4 Å². The lowest BCUT2D eigenvalue weighted by Gasteiger charge is -2.24. The molecule has 1 heterocycles. The Bertz CT molecular complexity index is 529. The highest BCUT2D eigenvalue weighted by Crippen LogP contribution is 2.30. The van der Waals surface area contributed by atoms with Crippen LogP contribution in [0.25, 0.3) is 0 Å². The number of carbonyl (C=O) groups is 2. The smallest absolute Gasteiger partial charge is 0.410 e. The predicted molar refractivity (Wildman–Crippen MR) is 94.6 cm³/mol. The van der Waals surface area contributed by atoms with Crippen LogP contribution in [0.3, 0.4) is 0 Å². The molecule has 2 amide bonds. The highest BCUT2D eigenvalue weighted by Gasteiger charge is 2.38. The van der Waals surface area contributed by atoms with Crippen LogP contribution in [0.15, 0.2) is 0 Å². The van der Waals surface area contributed by atoms with E-state index in [-0.39, 0.29) is 17.9 Å². The molecule has 6 nitrogen and oxygen atoms in total. The van der Waals surface area contributed by atoms with E-state index >= 15 is 0 Å². The molecule has 140 valence electrons. The van der Waals surface area contributed by atoms with Crippen LogP contribution in [0.5, 0.6) is 0 Å². The molecule has 2 aliphatic rings. The molecule has 1 saturated carbocycles. The van der Waals surface area contributed by atoms with E-state index in [2.05, 4.69) is 11.4 Å². The van der Waals surface area contributed by atoms with Crippen molar-refractivity contribution in [1.82, 2.24) is 10.2 Å². The molecule has 0 bridgehead atoms. The summed E-state index contributed by atoms with van der Waals surface area (Å²) in [4.78, 5) is 26.2. The fraction of sp³-hybridized carbons (Fsp3) is 0.842. The Morgan fingerprint density at radius 3 is 2.48 bits per heavy atom. The van der Waals surface area contributed by atoms with Crippen LogP contribution in [-0.2, 0) is 9.53 Å². The van der Waals surface area contributed by atoms with Gasteiger partial charge in [-0.1, -0.05) is 32.6 Å². The normalized spacial score (nSPS) is 25.5. The number of hydrogen-bond acceptors (Lipinski definition) is 4. The van der Waals surface area contributed by atoms with E-state index in [0.29, 0.717) is 19.0 Å². The molecule has 3 atom stereocenters. The van der Waals surface area contributed by atoms with Gasteiger partial charge in [0.1, 0.15) is 5.60 Å². The van der Waals surface area contributed by atoms with Crippen molar-refractivity contribution in [3.63, 3.8) is 0 Å². The van der Waals surface area contributed by atoms with Crippen molar-refractivity contribution >= 4 is 12.0 Å². The lowest BCUT2D eigenvalue weighted by molar-refractivity contribution is -0.125. The second-order valence-electron chi connectivity index (χ2n) is 8.52. The number of nitrogens with one attached hydrogen (secondary N) is 1. The van der Waals surface area contributed by atoms with Gasteiger partial charge in [0.15, 0.2) is 0 Å². The number of nitriles is 1. The van der Waals surface area contributed by atoms with Crippen molar-refractivity contribution in [3.8, 4) is 6.07 Å². The number of ether oxygens (including phenoxy) is 1. The molecule has 1 N–H and O–H groups in total. The summed E-state index contributed by atoms with van der Waals surface area (Å²) in [5.41, 5.74) is -0.573. The fourth-order valence-corrected chi connectivity index (χ4v) is 3.73. The number of amides is 2. The van der Waals surface area contributed by atoms with Crippen LogP contribution in [0.4, 0.5) is 4.79 Å². The molecule has 1 aliphatic carbocycles. The Labute approximate surface area is 150 Å². The third kappa shape index (κ3) is 5.62. The first kappa shape index (κ1) is 19.6. The van der Waals surface area contributed by atoms with Crippen LogP contribution in [0, 0.1) is 29.1 Å². The van der Waals surface area contributed by atoms with Gasteiger partial charge < -0.3 is 15.0 Å². The van der Waals surface area contributed by atoms with Crippen molar-refractivity contribution < 1.29 is 14.3 Å². The predicted octanol–water partition coefficient (Wildman–Crippen LogP) is 3.08. The topological polar surface area (TPSA) is 82.4 Å². The number of hydrogen-bond donors (Lipinski definition) is 1. The molecule has 1 saturated heterocycles. The average molecular weight is 349 g/mol. The Morgan fingerprint density at radius 2 is 1.92 bits per heavy atom. The summed E-state index contributed by atoms with van der Waals surface area (Å²) in [5, 5.41) is 12.4. The summed E-state index contributed by atoms with van der Waals surface area (Å²) >= 11 is 0. The van der Waals surface area contributed by atoms with Crippen LogP contribution in [0.1, 0.15) is 59.8 Å².